The molecule has 0 saturated heterocycles. The SMILES string of the molecule is COc1cccc(C2OC(CCn3nnnc3CC(=O)O)c3cccn3-c3ccc(F)cc32)c1OC. The zero-order chi connectivity index (χ0) is 25.2. The number of nitrogens with zero attached hydrogens (tertiary/aromatic N) is 5. The normalized spacial score (nSPS) is 16.6. The van der Waals surface area contributed by atoms with Gasteiger partial charge in [0.1, 0.15) is 24.4 Å². The largest absolute Gasteiger partial charge is 0.493 e. The molecular weight excluding hydrogens is 469 g/mol. The first-order chi connectivity index (χ1) is 17.5. The summed E-state index contributed by atoms with van der Waals surface area (Å²) in [5.41, 5.74) is 2.96. The van der Waals surface area contributed by atoms with E-state index in [-0.39, 0.29) is 18.1 Å². The van der Waals surface area contributed by atoms with Crippen LogP contribution in [0.4, 0.5) is 4.39 Å². The number of aromatic nitrogens is 5. The van der Waals surface area contributed by atoms with Crippen molar-refractivity contribution in [3.8, 4) is 17.2 Å². The number of tetrazole rings is 1. The summed E-state index contributed by atoms with van der Waals surface area (Å²) in [6.45, 7) is 0.318. The van der Waals surface area contributed by atoms with E-state index in [2.05, 4.69) is 15.5 Å². The number of methoxy groups -OCH3 is 2. The van der Waals surface area contributed by atoms with Crippen LogP contribution in [0, 0.1) is 5.82 Å². The van der Waals surface area contributed by atoms with E-state index in [0.717, 1.165) is 11.4 Å². The maximum Gasteiger partial charge on any atom is 0.311 e. The molecule has 2 atom stereocenters. The molecule has 11 heteroatoms. The van der Waals surface area contributed by atoms with Crippen molar-refractivity contribution in [1.82, 2.24) is 24.8 Å². The summed E-state index contributed by atoms with van der Waals surface area (Å²) in [4.78, 5) is 11.2. The molecular formula is C25H24FN5O5. The molecule has 0 spiro atoms. The molecule has 3 heterocycles. The van der Waals surface area contributed by atoms with Gasteiger partial charge in [0.2, 0.25) is 0 Å². The molecule has 1 aliphatic rings. The summed E-state index contributed by atoms with van der Waals surface area (Å²) < 4.78 is 35.8. The Labute approximate surface area is 205 Å². The van der Waals surface area contributed by atoms with E-state index < -0.39 is 18.2 Å². The number of hydrogen-bond acceptors (Lipinski definition) is 7. The number of carboxylic acids is 1. The van der Waals surface area contributed by atoms with Gasteiger partial charge in [-0.2, -0.15) is 0 Å². The zero-order valence-electron chi connectivity index (χ0n) is 19.7. The first-order valence-corrected chi connectivity index (χ1v) is 11.3. The molecule has 36 heavy (non-hydrogen) atoms. The lowest BCUT2D eigenvalue weighted by Gasteiger charge is -2.25. The van der Waals surface area contributed by atoms with Crippen molar-refractivity contribution in [2.24, 2.45) is 0 Å². The minimum absolute atomic E-state index is 0.253. The number of rotatable bonds is 8. The van der Waals surface area contributed by atoms with Crippen LogP contribution in [0.1, 0.15) is 41.3 Å². The summed E-state index contributed by atoms with van der Waals surface area (Å²) >= 11 is 0. The fourth-order valence-corrected chi connectivity index (χ4v) is 4.61. The van der Waals surface area contributed by atoms with Gasteiger partial charge in [-0.1, -0.05) is 12.1 Å². The van der Waals surface area contributed by atoms with Gasteiger partial charge in [-0.15, -0.1) is 5.10 Å². The van der Waals surface area contributed by atoms with E-state index in [0.29, 0.717) is 35.6 Å². The van der Waals surface area contributed by atoms with Gasteiger partial charge in [0.25, 0.3) is 0 Å². The van der Waals surface area contributed by atoms with Gasteiger partial charge in [0, 0.05) is 23.9 Å². The molecule has 10 nitrogen and oxygen atoms in total. The Bertz CT molecular complexity index is 1400. The molecule has 1 N–H and O–H groups in total. The fraction of sp³-hybridized carbons (Fsp3) is 0.280. The van der Waals surface area contributed by atoms with Crippen LogP contribution in [-0.4, -0.2) is 50.1 Å². The Kier molecular flexibility index (Phi) is 6.38. The van der Waals surface area contributed by atoms with Crippen LogP contribution in [0.25, 0.3) is 5.69 Å². The lowest BCUT2D eigenvalue weighted by Crippen LogP contribution is -2.16. The van der Waals surface area contributed by atoms with Crippen molar-refractivity contribution in [2.45, 2.75) is 31.6 Å². The molecule has 2 aromatic carbocycles. The van der Waals surface area contributed by atoms with Crippen LogP contribution < -0.4 is 9.47 Å². The second-order valence-corrected chi connectivity index (χ2v) is 8.27. The minimum atomic E-state index is -1.02. The van der Waals surface area contributed by atoms with Crippen LogP contribution in [0.15, 0.2) is 54.7 Å². The fourth-order valence-electron chi connectivity index (χ4n) is 4.61. The monoisotopic (exact) mass is 493 g/mol. The molecule has 186 valence electrons. The van der Waals surface area contributed by atoms with E-state index in [1.54, 1.807) is 26.4 Å². The molecule has 0 saturated carbocycles. The molecule has 0 aliphatic carbocycles. The highest BCUT2D eigenvalue weighted by Crippen LogP contribution is 2.46. The van der Waals surface area contributed by atoms with E-state index in [1.165, 1.54) is 16.8 Å². The van der Waals surface area contributed by atoms with Crippen LogP contribution in [0.3, 0.4) is 0 Å². The Balaban J connectivity index is 1.58. The third-order valence-electron chi connectivity index (χ3n) is 6.18. The highest BCUT2D eigenvalue weighted by atomic mass is 19.1. The van der Waals surface area contributed by atoms with Crippen molar-refractivity contribution in [3.05, 3.63) is 83.2 Å². The molecule has 5 rings (SSSR count). The van der Waals surface area contributed by atoms with Gasteiger partial charge in [-0.05, 0) is 53.2 Å². The Morgan fingerprint density at radius 3 is 2.78 bits per heavy atom. The Morgan fingerprint density at radius 2 is 2.00 bits per heavy atom. The lowest BCUT2D eigenvalue weighted by atomic mass is 9.98. The average Bonchev–Trinajstić information content (AvgIpc) is 3.50. The predicted octanol–water partition coefficient (Wildman–Crippen LogP) is 3.50. The summed E-state index contributed by atoms with van der Waals surface area (Å²) in [6, 6.07) is 13.9. The highest BCUT2D eigenvalue weighted by Gasteiger charge is 2.33. The van der Waals surface area contributed by atoms with Crippen molar-refractivity contribution in [3.63, 3.8) is 0 Å². The van der Waals surface area contributed by atoms with Crippen LogP contribution in [0.2, 0.25) is 0 Å². The standard InChI is InChI=1S/C25H24FN5O5/c1-34-21-7-3-5-16(25(21)35-2)24-17-13-15(26)8-9-18(17)30-11-4-6-19(30)20(36-24)10-12-31-22(14-23(32)33)27-28-29-31/h3-9,11,13,20,24H,10,12,14H2,1-2H3,(H,32,33). The van der Waals surface area contributed by atoms with Gasteiger partial charge in [0.05, 0.1) is 25.6 Å². The van der Waals surface area contributed by atoms with Gasteiger partial charge in [0.15, 0.2) is 17.3 Å². The van der Waals surface area contributed by atoms with Crippen LogP contribution in [0.5, 0.6) is 11.5 Å². The lowest BCUT2D eigenvalue weighted by molar-refractivity contribution is -0.136. The predicted molar refractivity (Wildman–Crippen MR) is 125 cm³/mol. The molecule has 0 amide bonds. The number of halogens is 1. The second-order valence-electron chi connectivity index (χ2n) is 8.27. The summed E-state index contributed by atoms with van der Waals surface area (Å²) in [5, 5.41) is 20.5. The first-order valence-electron chi connectivity index (χ1n) is 11.3. The number of aryl methyl sites for hydroxylation is 1. The number of carboxylic acid groups (broad SMARTS) is 1. The molecule has 4 aromatic rings. The summed E-state index contributed by atoms with van der Waals surface area (Å²) in [6.07, 6.45) is 0.904. The smallest absolute Gasteiger partial charge is 0.311 e. The minimum Gasteiger partial charge on any atom is -0.493 e. The third-order valence-corrected chi connectivity index (χ3v) is 6.18. The number of para-hydroxylation sites is 1. The number of hydrogen-bond donors (Lipinski definition) is 1. The molecule has 2 unspecified atom stereocenters. The number of aliphatic carboxylic acids is 1. The highest BCUT2D eigenvalue weighted by molar-refractivity contribution is 5.68. The molecule has 0 bridgehead atoms. The number of benzene rings is 2. The maximum atomic E-state index is 14.5. The van der Waals surface area contributed by atoms with Gasteiger partial charge in [-0.3, -0.25) is 4.79 Å². The van der Waals surface area contributed by atoms with Crippen LogP contribution >= 0.6 is 0 Å². The van der Waals surface area contributed by atoms with Gasteiger partial charge < -0.3 is 23.9 Å². The number of carbonyl (C=O) groups is 1. The number of ether oxygens (including phenoxy) is 3. The van der Waals surface area contributed by atoms with E-state index in [1.807, 2.05) is 35.0 Å². The maximum absolute atomic E-state index is 14.5. The molecule has 0 fully saturated rings. The van der Waals surface area contributed by atoms with Crippen molar-refractivity contribution in [2.75, 3.05) is 14.2 Å². The quantitative estimate of drug-likeness (QED) is 0.397. The zero-order valence-corrected chi connectivity index (χ0v) is 19.7. The van der Waals surface area contributed by atoms with Gasteiger partial charge >= 0.3 is 5.97 Å². The molecule has 1 aliphatic heterocycles. The third kappa shape index (κ3) is 4.29. The Hall–Kier alpha value is -4.25. The van der Waals surface area contributed by atoms with Crippen molar-refractivity contribution >= 4 is 5.97 Å². The van der Waals surface area contributed by atoms with Crippen LogP contribution in [-0.2, 0) is 22.5 Å². The van der Waals surface area contributed by atoms with E-state index >= 15 is 0 Å². The summed E-state index contributed by atoms with van der Waals surface area (Å²) in [5.74, 6) is -0.127. The Morgan fingerprint density at radius 1 is 1.14 bits per heavy atom. The molecule has 0 radical (unpaired) electrons. The van der Waals surface area contributed by atoms with Crippen molar-refractivity contribution in [1.29, 1.82) is 0 Å². The van der Waals surface area contributed by atoms with E-state index in [4.69, 9.17) is 19.3 Å². The second kappa shape index (κ2) is 9.78. The topological polar surface area (TPSA) is 114 Å². The molecule has 2 aromatic heterocycles. The van der Waals surface area contributed by atoms with Crippen molar-refractivity contribution < 1.29 is 28.5 Å². The number of fused-ring (bicyclic) bond motifs is 3. The average molecular weight is 493 g/mol. The van der Waals surface area contributed by atoms with Gasteiger partial charge in [-0.25, -0.2) is 9.07 Å². The van der Waals surface area contributed by atoms with E-state index in [9.17, 15) is 9.18 Å². The summed E-state index contributed by atoms with van der Waals surface area (Å²) in [7, 11) is 3.10. The first kappa shape index (κ1) is 23.5.